The van der Waals surface area contributed by atoms with E-state index in [-0.39, 0.29) is 5.91 Å². The molecular formula is C17H21N3O2. The number of amides is 1. The molecule has 0 aliphatic carbocycles. The van der Waals surface area contributed by atoms with Crippen molar-refractivity contribution in [3.05, 3.63) is 36.0 Å². The lowest BCUT2D eigenvalue weighted by molar-refractivity contribution is 0.0672. The fourth-order valence-corrected chi connectivity index (χ4v) is 2.95. The SMILES string of the molecule is COc1ccc2nc(C(=O)N3CCC[C@@H](CN)C3)ccc2c1. The molecule has 2 heterocycles. The highest BCUT2D eigenvalue weighted by Gasteiger charge is 2.24. The van der Waals surface area contributed by atoms with Gasteiger partial charge < -0.3 is 15.4 Å². The normalized spacial score (nSPS) is 18.5. The lowest BCUT2D eigenvalue weighted by Crippen LogP contribution is -2.42. The topological polar surface area (TPSA) is 68.5 Å². The summed E-state index contributed by atoms with van der Waals surface area (Å²) in [6.07, 6.45) is 2.11. The third-order valence-electron chi connectivity index (χ3n) is 4.26. The third kappa shape index (κ3) is 2.90. The fourth-order valence-electron chi connectivity index (χ4n) is 2.95. The van der Waals surface area contributed by atoms with Crippen molar-refractivity contribution in [2.24, 2.45) is 11.7 Å². The van der Waals surface area contributed by atoms with Crippen molar-refractivity contribution in [1.29, 1.82) is 0 Å². The number of likely N-dealkylation sites (tertiary alicyclic amines) is 1. The van der Waals surface area contributed by atoms with E-state index in [2.05, 4.69) is 4.98 Å². The molecule has 0 bridgehead atoms. The van der Waals surface area contributed by atoms with E-state index in [1.54, 1.807) is 13.2 Å². The molecule has 22 heavy (non-hydrogen) atoms. The van der Waals surface area contributed by atoms with Crippen molar-refractivity contribution in [3.8, 4) is 5.75 Å². The molecule has 2 aromatic rings. The first-order chi connectivity index (χ1) is 10.7. The van der Waals surface area contributed by atoms with Crippen LogP contribution >= 0.6 is 0 Å². The van der Waals surface area contributed by atoms with Gasteiger partial charge in [-0.3, -0.25) is 4.79 Å². The van der Waals surface area contributed by atoms with Gasteiger partial charge in [0.15, 0.2) is 0 Å². The molecule has 1 aromatic heterocycles. The van der Waals surface area contributed by atoms with Crippen molar-refractivity contribution in [2.75, 3.05) is 26.7 Å². The van der Waals surface area contributed by atoms with Crippen molar-refractivity contribution in [1.82, 2.24) is 9.88 Å². The molecule has 1 amide bonds. The summed E-state index contributed by atoms with van der Waals surface area (Å²) in [5, 5.41) is 0.967. The van der Waals surface area contributed by atoms with Crippen molar-refractivity contribution in [2.45, 2.75) is 12.8 Å². The Morgan fingerprint density at radius 1 is 1.41 bits per heavy atom. The molecule has 1 atom stereocenters. The molecule has 0 radical (unpaired) electrons. The maximum atomic E-state index is 12.6. The maximum Gasteiger partial charge on any atom is 0.272 e. The molecule has 2 N–H and O–H groups in total. The van der Waals surface area contributed by atoms with Crippen LogP contribution < -0.4 is 10.5 Å². The summed E-state index contributed by atoms with van der Waals surface area (Å²) >= 11 is 0. The molecule has 0 unspecified atom stereocenters. The van der Waals surface area contributed by atoms with E-state index in [0.717, 1.165) is 42.6 Å². The molecule has 116 valence electrons. The summed E-state index contributed by atoms with van der Waals surface area (Å²) in [5.74, 6) is 1.19. The standard InChI is InChI=1S/C17H21N3O2/c1-22-14-5-7-15-13(9-14)4-6-16(19-15)17(21)20-8-2-3-12(10-18)11-20/h4-7,9,12H,2-3,8,10-11,18H2,1H3/t12-/m0/s1. The Hall–Kier alpha value is -2.14. The molecule has 5 nitrogen and oxygen atoms in total. The van der Waals surface area contributed by atoms with Gasteiger partial charge in [-0.2, -0.15) is 0 Å². The zero-order valence-electron chi connectivity index (χ0n) is 12.8. The van der Waals surface area contributed by atoms with Gasteiger partial charge >= 0.3 is 0 Å². The van der Waals surface area contributed by atoms with E-state index in [4.69, 9.17) is 10.5 Å². The van der Waals surface area contributed by atoms with Gasteiger partial charge in [0.1, 0.15) is 11.4 Å². The number of aromatic nitrogens is 1. The zero-order valence-corrected chi connectivity index (χ0v) is 12.8. The summed E-state index contributed by atoms with van der Waals surface area (Å²) in [7, 11) is 1.64. The molecule has 5 heteroatoms. The van der Waals surface area contributed by atoms with Crippen molar-refractivity contribution >= 4 is 16.8 Å². The van der Waals surface area contributed by atoms with Crippen LogP contribution in [-0.2, 0) is 0 Å². The Kier molecular flexibility index (Phi) is 4.24. The molecule has 3 rings (SSSR count). The van der Waals surface area contributed by atoms with Crippen LogP contribution in [0.25, 0.3) is 10.9 Å². The molecule has 1 saturated heterocycles. The Morgan fingerprint density at radius 2 is 2.27 bits per heavy atom. The van der Waals surface area contributed by atoms with E-state index < -0.39 is 0 Å². The quantitative estimate of drug-likeness (QED) is 0.942. The monoisotopic (exact) mass is 299 g/mol. The largest absolute Gasteiger partial charge is 0.497 e. The van der Waals surface area contributed by atoms with Crippen LogP contribution in [0.3, 0.4) is 0 Å². The average Bonchev–Trinajstić information content (AvgIpc) is 2.60. The van der Waals surface area contributed by atoms with Crippen LogP contribution in [0.1, 0.15) is 23.3 Å². The summed E-state index contributed by atoms with van der Waals surface area (Å²) < 4.78 is 5.20. The van der Waals surface area contributed by atoms with Gasteiger partial charge in [-0.05, 0) is 49.6 Å². The molecule has 0 saturated carbocycles. The van der Waals surface area contributed by atoms with Gasteiger partial charge in [0.25, 0.3) is 5.91 Å². The number of piperidine rings is 1. The number of nitrogens with two attached hydrogens (primary N) is 1. The number of pyridine rings is 1. The van der Waals surface area contributed by atoms with Gasteiger partial charge in [0.05, 0.1) is 12.6 Å². The number of rotatable bonds is 3. The van der Waals surface area contributed by atoms with E-state index in [1.165, 1.54) is 0 Å². The second kappa shape index (κ2) is 6.32. The highest BCUT2D eigenvalue weighted by molar-refractivity contribution is 5.95. The summed E-state index contributed by atoms with van der Waals surface area (Å²) in [4.78, 5) is 19.0. The van der Waals surface area contributed by atoms with Gasteiger partial charge in [-0.1, -0.05) is 6.07 Å². The number of hydrogen-bond donors (Lipinski definition) is 1. The number of carbonyl (C=O) groups is 1. The number of benzene rings is 1. The fraction of sp³-hybridized carbons (Fsp3) is 0.412. The van der Waals surface area contributed by atoms with Crippen LogP contribution in [0, 0.1) is 5.92 Å². The molecule has 1 aromatic carbocycles. The minimum Gasteiger partial charge on any atom is -0.497 e. The first-order valence-corrected chi connectivity index (χ1v) is 7.65. The van der Waals surface area contributed by atoms with Gasteiger partial charge in [0, 0.05) is 18.5 Å². The van der Waals surface area contributed by atoms with Crippen LogP contribution in [-0.4, -0.2) is 42.5 Å². The highest BCUT2D eigenvalue weighted by Crippen LogP contribution is 2.21. The van der Waals surface area contributed by atoms with E-state index >= 15 is 0 Å². The second-order valence-corrected chi connectivity index (χ2v) is 5.75. The van der Waals surface area contributed by atoms with E-state index in [9.17, 15) is 4.79 Å². The average molecular weight is 299 g/mol. The van der Waals surface area contributed by atoms with Crippen molar-refractivity contribution < 1.29 is 9.53 Å². The lowest BCUT2D eigenvalue weighted by atomic mass is 9.98. The molecule has 1 aliphatic rings. The van der Waals surface area contributed by atoms with Crippen LogP contribution in [0.5, 0.6) is 5.75 Å². The molecule has 1 aliphatic heterocycles. The van der Waals surface area contributed by atoms with Crippen LogP contribution in [0.2, 0.25) is 0 Å². The van der Waals surface area contributed by atoms with E-state index in [1.807, 2.05) is 29.2 Å². The first kappa shape index (κ1) is 14.8. The highest BCUT2D eigenvalue weighted by atomic mass is 16.5. The number of carbonyl (C=O) groups excluding carboxylic acids is 1. The number of nitrogens with zero attached hydrogens (tertiary/aromatic N) is 2. The Labute approximate surface area is 130 Å². The summed E-state index contributed by atoms with van der Waals surface area (Å²) in [5.41, 5.74) is 7.04. The number of hydrogen-bond acceptors (Lipinski definition) is 4. The summed E-state index contributed by atoms with van der Waals surface area (Å²) in [6.45, 7) is 2.16. The lowest BCUT2D eigenvalue weighted by Gasteiger charge is -2.31. The van der Waals surface area contributed by atoms with Gasteiger partial charge in [-0.15, -0.1) is 0 Å². The zero-order chi connectivity index (χ0) is 15.5. The third-order valence-corrected chi connectivity index (χ3v) is 4.26. The molecular weight excluding hydrogens is 278 g/mol. The predicted molar refractivity (Wildman–Crippen MR) is 86.0 cm³/mol. The number of ether oxygens (including phenoxy) is 1. The minimum absolute atomic E-state index is 0.00383. The van der Waals surface area contributed by atoms with Crippen molar-refractivity contribution in [3.63, 3.8) is 0 Å². The smallest absolute Gasteiger partial charge is 0.272 e. The maximum absolute atomic E-state index is 12.6. The molecule has 1 fully saturated rings. The predicted octanol–water partition coefficient (Wildman–Crippen LogP) is 2.05. The Balaban J connectivity index is 1.84. The van der Waals surface area contributed by atoms with Gasteiger partial charge in [-0.25, -0.2) is 4.98 Å². The Morgan fingerprint density at radius 3 is 3.05 bits per heavy atom. The van der Waals surface area contributed by atoms with Gasteiger partial charge in [0.2, 0.25) is 0 Å². The first-order valence-electron chi connectivity index (χ1n) is 7.65. The van der Waals surface area contributed by atoms with Crippen LogP contribution in [0.4, 0.5) is 0 Å². The number of methoxy groups -OCH3 is 1. The van der Waals surface area contributed by atoms with Crippen LogP contribution in [0.15, 0.2) is 30.3 Å². The molecule has 0 spiro atoms. The summed E-state index contributed by atoms with van der Waals surface area (Å²) in [6, 6.07) is 9.36. The number of fused-ring (bicyclic) bond motifs is 1. The minimum atomic E-state index is -0.00383. The van der Waals surface area contributed by atoms with E-state index in [0.29, 0.717) is 18.2 Å². The second-order valence-electron chi connectivity index (χ2n) is 5.75. The Bertz CT molecular complexity index is 687.